The molecule has 1 amide bonds. The molecule has 0 aromatic heterocycles. The zero-order chi connectivity index (χ0) is 13.8. The fourth-order valence-corrected chi connectivity index (χ4v) is 2.57. The van der Waals surface area contributed by atoms with Crippen LogP contribution in [0.3, 0.4) is 0 Å². The number of likely N-dealkylation sites (N-methyl/N-ethyl adjacent to an activating group) is 1. The molecule has 1 unspecified atom stereocenters. The Kier molecular flexibility index (Phi) is 4.43. The first kappa shape index (κ1) is 13.9. The Balaban J connectivity index is 1.98. The SMILES string of the molecule is CN(C)C1CCCN(C(=O)Cc2ccccc2N)C1. The minimum absolute atomic E-state index is 0.185. The molecular weight excluding hydrogens is 238 g/mol. The molecule has 0 bridgehead atoms. The molecule has 0 saturated carbocycles. The van der Waals surface area contributed by atoms with Gasteiger partial charge in [0.25, 0.3) is 0 Å². The summed E-state index contributed by atoms with van der Waals surface area (Å²) in [6.07, 6.45) is 2.66. The van der Waals surface area contributed by atoms with Crippen molar-refractivity contribution in [1.29, 1.82) is 0 Å². The van der Waals surface area contributed by atoms with Crippen LogP contribution in [-0.4, -0.2) is 48.9 Å². The second-order valence-electron chi connectivity index (χ2n) is 5.48. The molecule has 1 heterocycles. The molecule has 1 aromatic carbocycles. The predicted octanol–water partition coefficient (Wildman–Crippen LogP) is 1.36. The van der Waals surface area contributed by atoms with Gasteiger partial charge in [0.15, 0.2) is 0 Å². The monoisotopic (exact) mass is 261 g/mol. The third-order valence-corrected chi connectivity index (χ3v) is 3.88. The Morgan fingerprint density at radius 3 is 2.84 bits per heavy atom. The number of amides is 1. The maximum Gasteiger partial charge on any atom is 0.227 e. The van der Waals surface area contributed by atoms with E-state index in [0.717, 1.165) is 25.1 Å². The molecular formula is C15H23N3O. The fraction of sp³-hybridized carbons (Fsp3) is 0.533. The molecule has 19 heavy (non-hydrogen) atoms. The van der Waals surface area contributed by atoms with Crippen LogP contribution in [0.25, 0.3) is 0 Å². The van der Waals surface area contributed by atoms with Gasteiger partial charge in [0.1, 0.15) is 0 Å². The summed E-state index contributed by atoms with van der Waals surface area (Å²) in [7, 11) is 4.15. The fourth-order valence-electron chi connectivity index (χ4n) is 2.57. The highest BCUT2D eigenvalue weighted by atomic mass is 16.2. The number of anilines is 1. The molecule has 1 aliphatic heterocycles. The summed E-state index contributed by atoms with van der Waals surface area (Å²) in [5.41, 5.74) is 7.53. The molecule has 1 aromatic rings. The second kappa shape index (κ2) is 6.06. The van der Waals surface area contributed by atoms with Gasteiger partial charge in [-0.15, -0.1) is 0 Å². The van der Waals surface area contributed by atoms with Crippen LogP contribution in [0.5, 0.6) is 0 Å². The summed E-state index contributed by atoms with van der Waals surface area (Å²) < 4.78 is 0. The van der Waals surface area contributed by atoms with Crippen LogP contribution in [0.4, 0.5) is 5.69 Å². The predicted molar refractivity (Wildman–Crippen MR) is 77.8 cm³/mol. The lowest BCUT2D eigenvalue weighted by Gasteiger charge is -2.36. The van der Waals surface area contributed by atoms with Crippen LogP contribution in [-0.2, 0) is 11.2 Å². The number of likely N-dealkylation sites (tertiary alicyclic amines) is 1. The molecule has 0 radical (unpaired) electrons. The summed E-state index contributed by atoms with van der Waals surface area (Å²) in [5.74, 6) is 0.185. The number of piperidine rings is 1. The van der Waals surface area contributed by atoms with E-state index < -0.39 is 0 Å². The van der Waals surface area contributed by atoms with Crippen LogP contribution in [0.1, 0.15) is 18.4 Å². The summed E-state index contributed by atoms with van der Waals surface area (Å²) >= 11 is 0. The van der Waals surface area contributed by atoms with Crippen molar-refractivity contribution in [3.05, 3.63) is 29.8 Å². The van der Waals surface area contributed by atoms with Crippen molar-refractivity contribution < 1.29 is 4.79 Å². The molecule has 2 N–H and O–H groups in total. The number of carbonyl (C=O) groups excluding carboxylic acids is 1. The van der Waals surface area contributed by atoms with Gasteiger partial charge in [-0.25, -0.2) is 0 Å². The Morgan fingerprint density at radius 2 is 2.16 bits per heavy atom. The molecule has 1 atom stereocenters. The first-order chi connectivity index (χ1) is 9.08. The van der Waals surface area contributed by atoms with E-state index in [-0.39, 0.29) is 5.91 Å². The standard InChI is InChI=1S/C15H23N3O/c1-17(2)13-7-5-9-18(11-13)15(19)10-12-6-3-4-8-14(12)16/h3-4,6,8,13H,5,7,9-11,16H2,1-2H3. The number of nitrogens with two attached hydrogens (primary N) is 1. The van der Waals surface area contributed by atoms with E-state index >= 15 is 0 Å². The molecule has 0 spiro atoms. The van der Waals surface area contributed by atoms with Crippen LogP contribution in [0.15, 0.2) is 24.3 Å². The summed E-state index contributed by atoms with van der Waals surface area (Å²) in [6, 6.07) is 8.08. The number of hydrogen-bond acceptors (Lipinski definition) is 3. The lowest BCUT2D eigenvalue weighted by molar-refractivity contribution is -0.132. The number of hydrogen-bond donors (Lipinski definition) is 1. The Morgan fingerprint density at radius 1 is 1.42 bits per heavy atom. The molecule has 2 rings (SSSR count). The number of nitrogens with zero attached hydrogens (tertiary/aromatic N) is 2. The van der Waals surface area contributed by atoms with Crippen molar-refractivity contribution in [2.45, 2.75) is 25.3 Å². The number of carbonyl (C=O) groups is 1. The minimum Gasteiger partial charge on any atom is -0.398 e. The van der Waals surface area contributed by atoms with Gasteiger partial charge in [0, 0.05) is 24.8 Å². The van der Waals surface area contributed by atoms with Gasteiger partial charge in [-0.3, -0.25) is 4.79 Å². The first-order valence-electron chi connectivity index (χ1n) is 6.85. The van der Waals surface area contributed by atoms with Crippen molar-refractivity contribution in [3.8, 4) is 0 Å². The highest BCUT2D eigenvalue weighted by Gasteiger charge is 2.24. The molecule has 4 heteroatoms. The number of para-hydroxylation sites is 1. The van der Waals surface area contributed by atoms with E-state index in [1.807, 2.05) is 29.2 Å². The Hall–Kier alpha value is -1.55. The lowest BCUT2D eigenvalue weighted by Crippen LogP contribution is -2.47. The van der Waals surface area contributed by atoms with Crippen LogP contribution < -0.4 is 5.73 Å². The third kappa shape index (κ3) is 3.47. The van der Waals surface area contributed by atoms with E-state index in [1.54, 1.807) is 0 Å². The highest BCUT2D eigenvalue weighted by molar-refractivity contribution is 5.80. The first-order valence-corrected chi connectivity index (χ1v) is 6.85. The Labute approximate surface area is 115 Å². The molecule has 1 aliphatic rings. The molecule has 1 fully saturated rings. The quantitative estimate of drug-likeness (QED) is 0.836. The van der Waals surface area contributed by atoms with E-state index in [4.69, 9.17) is 5.73 Å². The average molecular weight is 261 g/mol. The summed E-state index contributed by atoms with van der Waals surface area (Å²) in [4.78, 5) is 16.5. The van der Waals surface area contributed by atoms with Crippen LogP contribution in [0.2, 0.25) is 0 Å². The molecule has 0 aliphatic carbocycles. The van der Waals surface area contributed by atoms with Gasteiger partial charge in [-0.2, -0.15) is 0 Å². The van der Waals surface area contributed by atoms with E-state index in [0.29, 0.717) is 18.2 Å². The Bertz CT molecular complexity index is 445. The summed E-state index contributed by atoms with van der Waals surface area (Å²) in [6.45, 7) is 1.70. The topological polar surface area (TPSA) is 49.6 Å². The zero-order valence-corrected chi connectivity index (χ0v) is 11.8. The maximum absolute atomic E-state index is 12.3. The molecule has 104 valence electrons. The number of nitrogen functional groups attached to an aromatic ring is 1. The lowest BCUT2D eigenvalue weighted by atomic mass is 10.0. The summed E-state index contributed by atoms with van der Waals surface area (Å²) in [5, 5.41) is 0. The average Bonchev–Trinajstić information content (AvgIpc) is 2.41. The van der Waals surface area contributed by atoms with E-state index in [2.05, 4.69) is 19.0 Å². The van der Waals surface area contributed by atoms with Gasteiger partial charge in [0.05, 0.1) is 6.42 Å². The zero-order valence-electron chi connectivity index (χ0n) is 11.8. The van der Waals surface area contributed by atoms with Crippen molar-refractivity contribution in [2.75, 3.05) is 32.9 Å². The van der Waals surface area contributed by atoms with Crippen molar-refractivity contribution in [1.82, 2.24) is 9.80 Å². The van der Waals surface area contributed by atoms with Crippen LogP contribution in [0, 0.1) is 0 Å². The smallest absolute Gasteiger partial charge is 0.227 e. The minimum atomic E-state index is 0.185. The molecule has 1 saturated heterocycles. The van der Waals surface area contributed by atoms with Gasteiger partial charge >= 0.3 is 0 Å². The third-order valence-electron chi connectivity index (χ3n) is 3.88. The highest BCUT2D eigenvalue weighted by Crippen LogP contribution is 2.17. The van der Waals surface area contributed by atoms with Gasteiger partial charge in [-0.05, 0) is 38.6 Å². The van der Waals surface area contributed by atoms with Gasteiger partial charge in [-0.1, -0.05) is 18.2 Å². The molecule has 4 nitrogen and oxygen atoms in total. The largest absolute Gasteiger partial charge is 0.398 e. The van der Waals surface area contributed by atoms with Gasteiger partial charge < -0.3 is 15.5 Å². The maximum atomic E-state index is 12.3. The van der Waals surface area contributed by atoms with E-state index in [9.17, 15) is 4.79 Å². The van der Waals surface area contributed by atoms with Crippen molar-refractivity contribution in [2.24, 2.45) is 0 Å². The van der Waals surface area contributed by atoms with Crippen molar-refractivity contribution >= 4 is 11.6 Å². The second-order valence-corrected chi connectivity index (χ2v) is 5.48. The van der Waals surface area contributed by atoms with Crippen molar-refractivity contribution in [3.63, 3.8) is 0 Å². The van der Waals surface area contributed by atoms with E-state index in [1.165, 1.54) is 6.42 Å². The number of benzene rings is 1. The normalized spacial score (nSPS) is 19.7. The van der Waals surface area contributed by atoms with Gasteiger partial charge in [0.2, 0.25) is 5.91 Å². The van der Waals surface area contributed by atoms with Crippen LogP contribution >= 0.6 is 0 Å². The number of rotatable bonds is 3.